The van der Waals surface area contributed by atoms with Crippen molar-refractivity contribution in [3.63, 3.8) is 0 Å². The number of rotatable bonds is 6. The molecule has 0 saturated heterocycles. The molecule has 0 aliphatic carbocycles. The lowest BCUT2D eigenvalue weighted by Gasteiger charge is -2.12. The molecule has 6 heteroatoms. The quantitative estimate of drug-likeness (QED) is 0.847. The SMILES string of the molecule is CS(=O)(=O)CCSC(CN)c1ccsc1. The zero-order chi connectivity index (χ0) is 11.3. The Kier molecular flexibility index (Phi) is 5.11. The number of nitrogens with two attached hydrogens (primary N) is 1. The summed E-state index contributed by atoms with van der Waals surface area (Å²) in [7, 11) is -2.86. The molecule has 15 heavy (non-hydrogen) atoms. The highest BCUT2D eigenvalue weighted by Crippen LogP contribution is 2.29. The van der Waals surface area contributed by atoms with Gasteiger partial charge in [-0.2, -0.15) is 23.1 Å². The highest BCUT2D eigenvalue weighted by atomic mass is 32.2. The van der Waals surface area contributed by atoms with Gasteiger partial charge < -0.3 is 5.73 Å². The van der Waals surface area contributed by atoms with Crippen molar-refractivity contribution in [2.24, 2.45) is 5.73 Å². The number of hydrogen-bond acceptors (Lipinski definition) is 5. The first-order chi connectivity index (χ1) is 7.03. The van der Waals surface area contributed by atoms with Gasteiger partial charge in [0.1, 0.15) is 9.84 Å². The van der Waals surface area contributed by atoms with Crippen LogP contribution in [-0.2, 0) is 9.84 Å². The van der Waals surface area contributed by atoms with Crippen molar-refractivity contribution in [3.8, 4) is 0 Å². The highest BCUT2D eigenvalue weighted by molar-refractivity contribution is 8.00. The lowest BCUT2D eigenvalue weighted by atomic mass is 10.2. The van der Waals surface area contributed by atoms with Gasteiger partial charge >= 0.3 is 0 Å². The molecule has 0 aliphatic heterocycles. The van der Waals surface area contributed by atoms with E-state index in [4.69, 9.17) is 5.73 Å². The summed E-state index contributed by atoms with van der Waals surface area (Å²) in [6, 6.07) is 2.04. The molecule has 1 rings (SSSR count). The summed E-state index contributed by atoms with van der Waals surface area (Å²) in [5.74, 6) is 0.828. The smallest absolute Gasteiger partial charge is 0.148 e. The van der Waals surface area contributed by atoms with Crippen LogP contribution in [0, 0.1) is 0 Å². The summed E-state index contributed by atoms with van der Waals surface area (Å²) in [6.45, 7) is 0.547. The summed E-state index contributed by atoms with van der Waals surface area (Å²) in [5.41, 5.74) is 6.84. The van der Waals surface area contributed by atoms with E-state index < -0.39 is 9.84 Å². The van der Waals surface area contributed by atoms with Crippen molar-refractivity contribution in [3.05, 3.63) is 22.4 Å². The van der Waals surface area contributed by atoms with Gasteiger partial charge in [0.05, 0.1) is 5.75 Å². The van der Waals surface area contributed by atoms with Crippen molar-refractivity contribution in [2.75, 3.05) is 24.3 Å². The van der Waals surface area contributed by atoms with E-state index in [0.717, 1.165) is 0 Å². The van der Waals surface area contributed by atoms with E-state index in [-0.39, 0.29) is 11.0 Å². The minimum absolute atomic E-state index is 0.220. The molecule has 0 aromatic carbocycles. The average Bonchev–Trinajstić information content (AvgIpc) is 2.63. The number of hydrogen-bond donors (Lipinski definition) is 1. The van der Waals surface area contributed by atoms with Gasteiger partial charge in [0, 0.05) is 23.8 Å². The van der Waals surface area contributed by atoms with Crippen LogP contribution in [0.15, 0.2) is 16.8 Å². The first kappa shape index (κ1) is 13.0. The molecular weight excluding hydrogens is 250 g/mol. The Morgan fingerprint density at radius 1 is 1.60 bits per heavy atom. The van der Waals surface area contributed by atoms with Crippen molar-refractivity contribution in [1.29, 1.82) is 0 Å². The largest absolute Gasteiger partial charge is 0.329 e. The molecular formula is C9H15NO2S3. The Bertz CT molecular complexity index is 372. The van der Waals surface area contributed by atoms with E-state index in [1.54, 1.807) is 23.1 Å². The van der Waals surface area contributed by atoms with Gasteiger partial charge in [-0.1, -0.05) is 0 Å². The third-order valence-electron chi connectivity index (χ3n) is 1.90. The summed E-state index contributed by atoms with van der Waals surface area (Å²) in [4.78, 5) is 0. The van der Waals surface area contributed by atoms with Gasteiger partial charge in [0.25, 0.3) is 0 Å². The van der Waals surface area contributed by atoms with Gasteiger partial charge in [-0.05, 0) is 22.4 Å². The van der Waals surface area contributed by atoms with E-state index >= 15 is 0 Å². The fourth-order valence-corrected chi connectivity index (χ4v) is 4.26. The lowest BCUT2D eigenvalue weighted by molar-refractivity contribution is 0.603. The predicted molar refractivity (Wildman–Crippen MR) is 68.3 cm³/mol. The Morgan fingerprint density at radius 3 is 2.80 bits per heavy atom. The van der Waals surface area contributed by atoms with Crippen LogP contribution in [0.3, 0.4) is 0 Å². The molecule has 1 aromatic heterocycles. The fraction of sp³-hybridized carbons (Fsp3) is 0.556. The normalized spacial score (nSPS) is 14.0. The third kappa shape index (κ3) is 5.01. The van der Waals surface area contributed by atoms with E-state index in [9.17, 15) is 8.42 Å². The molecule has 2 N–H and O–H groups in total. The molecule has 0 aliphatic rings. The van der Waals surface area contributed by atoms with Crippen molar-refractivity contribution in [2.45, 2.75) is 5.25 Å². The van der Waals surface area contributed by atoms with Crippen molar-refractivity contribution < 1.29 is 8.42 Å². The average molecular weight is 265 g/mol. The first-order valence-electron chi connectivity index (χ1n) is 4.54. The molecule has 86 valence electrons. The summed E-state index contributed by atoms with van der Waals surface area (Å²) in [5, 5.41) is 4.29. The molecule has 3 nitrogen and oxygen atoms in total. The number of sulfone groups is 1. The number of thioether (sulfide) groups is 1. The zero-order valence-corrected chi connectivity index (χ0v) is 11.0. The Labute approximate surface area is 99.0 Å². The predicted octanol–water partition coefficient (Wildman–Crippen LogP) is 1.53. The summed E-state index contributed by atoms with van der Waals surface area (Å²) < 4.78 is 21.9. The van der Waals surface area contributed by atoms with Crippen LogP contribution >= 0.6 is 23.1 Å². The van der Waals surface area contributed by atoms with Crippen LogP contribution in [0.4, 0.5) is 0 Å². The van der Waals surface area contributed by atoms with Gasteiger partial charge in [0.2, 0.25) is 0 Å². The van der Waals surface area contributed by atoms with E-state index in [0.29, 0.717) is 12.3 Å². The zero-order valence-electron chi connectivity index (χ0n) is 8.55. The summed E-state index contributed by atoms with van der Waals surface area (Å²) in [6.07, 6.45) is 1.26. The van der Waals surface area contributed by atoms with Crippen LogP contribution < -0.4 is 5.73 Å². The standard InChI is InChI=1S/C9H15NO2S3/c1-15(11,12)5-4-14-9(6-10)8-2-3-13-7-8/h2-3,7,9H,4-6,10H2,1H3. The Balaban J connectivity index is 2.42. The molecule has 0 bridgehead atoms. The van der Waals surface area contributed by atoms with Crippen LogP contribution in [0.1, 0.15) is 10.8 Å². The Hall–Kier alpha value is -0.0400. The van der Waals surface area contributed by atoms with Gasteiger partial charge in [0.15, 0.2) is 0 Å². The van der Waals surface area contributed by atoms with Crippen molar-refractivity contribution in [1.82, 2.24) is 0 Å². The van der Waals surface area contributed by atoms with E-state index in [1.165, 1.54) is 11.8 Å². The van der Waals surface area contributed by atoms with Crippen LogP contribution in [-0.4, -0.2) is 32.7 Å². The molecule has 0 amide bonds. The van der Waals surface area contributed by atoms with Gasteiger partial charge in [-0.25, -0.2) is 8.42 Å². The van der Waals surface area contributed by atoms with Gasteiger partial charge in [-0.3, -0.25) is 0 Å². The lowest BCUT2D eigenvalue weighted by Crippen LogP contribution is -2.12. The molecule has 0 spiro atoms. The molecule has 0 saturated carbocycles. The molecule has 0 fully saturated rings. The first-order valence-corrected chi connectivity index (χ1v) is 8.59. The van der Waals surface area contributed by atoms with Gasteiger partial charge in [-0.15, -0.1) is 0 Å². The highest BCUT2D eigenvalue weighted by Gasteiger charge is 2.11. The topological polar surface area (TPSA) is 60.2 Å². The maximum Gasteiger partial charge on any atom is 0.148 e. The summed E-state index contributed by atoms with van der Waals surface area (Å²) >= 11 is 3.24. The molecule has 1 unspecified atom stereocenters. The molecule has 0 radical (unpaired) electrons. The second kappa shape index (κ2) is 5.89. The minimum Gasteiger partial charge on any atom is -0.329 e. The second-order valence-electron chi connectivity index (χ2n) is 3.28. The molecule has 1 aromatic rings. The molecule has 1 atom stereocenters. The van der Waals surface area contributed by atoms with Crippen LogP contribution in [0.2, 0.25) is 0 Å². The van der Waals surface area contributed by atoms with E-state index in [1.807, 2.05) is 11.4 Å². The van der Waals surface area contributed by atoms with Crippen molar-refractivity contribution >= 4 is 32.9 Å². The second-order valence-corrected chi connectivity index (χ2v) is 7.63. The minimum atomic E-state index is -2.86. The maximum atomic E-state index is 10.9. The fourth-order valence-electron chi connectivity index (χ4n) is 1.10. The third-order valence-corrected chi connectivity index (χ3v) is 5.11. The Morgan fingerprint density at radius 2 is 2.33 bits per heavy atom. The number of thiophene rings is 1. The van der Waals surface area contributed by atoms with E-state index in [2.05, 4.69) is 5.38 Å². The monoisotopic (exact) mass is 265 g/mol. The molecule has 1 heterocycles. The maximum absolute atomic E-state index is 10.9. The van der Waals surface area contributed by atoms with Crippen LogP contribution in [0.5, 0.6) is 0 Å². The van der Waals surface area contributed by atoms with Crippen LogP contribution in [0.25, 0.3) is 0 Å².